The smallest absolute Gasteiger partial charge is 0.144 e. The molecular formula is C5H6INO. The third-order valence-corrected chi connectivity index (χ3v) is 1.39. The summed E-state index contributed by atoms with van der Waals surface area (Å²) in [5.74, 6) is 0.953. The topological polar surface area (TPSA) is 26.0 Å². The molecule has 1 rings (SSSR count). The molecular weight excluding hydrogens is 217 g/mol. The Morgan fingerprint density at radius 1 is 1.88 bits per heavy atom. The van der Waals surface area contributed by atoms with Crippen molar-refractivity contribution in [3.63, 3.8) is 0 Å². The molecule has 2 nitrogen and oxygen atoms in total. The minimum Gasteiger partial charge on any atom is -0.360 e. The first-order valence-corrected chi connectivity index (χ1v) is 3.52. The maximum absolute atomic E-state index is 4.86. The molecule has 1 aromatic rings. The highest BCUT2D eigenvalue weighted by Gasteiger charge is 1.94. The molecule has 0 aliphatic rings. The van der Waals surface area contributed by atoms with Crippen LogP contribution in [0.25, 0.3) is 0 Å². The number of aryl methyl sites for hydroxylation is 1. The van der Waals surface area contributed by atoms with Crippen LogP contribution in [0.15, 0.2) is 10.6 Å². The number of rotatable bonds is 1. The Bertz CT molecular complexity index is 173. The summed E-state index contributed by atoms with van der Waals surface area (Å²) >= 11 is 2.12. The van der Waals surface area contributed by atoms with Gasteiger partial charge < -0.3 is 4.52 Å². The molecule has 44 valence electrons. The van der Waals surface area contributed by atoms with Gasteiger partial charge in [0.25, 0.3) is 0 Å². The van der Waals surface area contributed by atoms with Crippen molar-refractivity contribution in [1.29, 1.82) is 0 Å². The van der Waals surface area contributed by atoms with Gasteiger partial charge in [-0.15, -0.1) is 0 Å². The van der Waals surface area contributed by atoms with Crippen LogP contribution in [0, 0.1) is 3.70 Å². The predicted octanol–water partition coefficient (Wildman–Crippen LogP) is 1.84. The van der Waals surface area contributed by atoms with Crippen LogP contribution in [-0.2, 0) is 6.42 Å². The van der Waals surface area contributed by atoms with Gasteiger partial charge in [-0.2, -0.15) is 0 Å². The highest BCUT2D eigenvalue weighted by atomic mass is 127. The molecule has 0 radical (unpaired) electrons. The molecule has 0 N–H and O–H groups in total. The summed E-state index contributed by atoms with van der Waals surface area (Å²) in [6.07, 6.45) is 0.927. The van der Waals surface area contributed by atoms with Crippen LogP contribution in [0.5, 0.6) is 0 Å². The summed E-state index contributed by atoms with van der Waals surface area (Å²) in [5.41, 5.74) is 0. The van der Waals surface area contributed by atoms with Gasteiger partial charge in [-0.25, -0.2) is 0 Å². The van der Waals surface area contributed by atoms with Crippen molar-refractivity contribution in [2.45, 2.75) is 13.3 Å². The number of nitrogens with zero attached hydrogens (tertiary/aromatic N) is 1. The maximum Gasteiger partial charge on any atom is 0.144 e. The van der Waals surface area contributed by atoms with E-state index in [2.05, 4.69) is 27.7 Å². The van der Waals surface area contributed by atoms with Crippen LogP contribution >= 0.6 is 22.6 Å². The molecule has 0 saturated heterocycles. The maximum atomic E-state index is 4.86. The fourth-order valence-corrected chi connectivity index (χ4v) is 0.900. The largest absolute Gasteiger partial charge is 0.360 e. The van der Waals surface area contributed by atoms with Gasteiger partial charge in [-0.1, -0.05) is 12.1 Å². The SMILES string of the molecule is CCc1cc(I)no1. The molecule has 8 heavy (non-hydrogen) atoms. The summed E-state index contributed by atoms with van der Waals surface area (Å²) < 4.78 is 5.79. The lowest BCUT2D eigenvalue weighted by atomic mass is 10.4. The Kier molecular flexibility index (Phi) is 1.88. The Balaban J connectivity index is 2.84. The molecule has 0 amide bonds. The van der Waals surface area contributed by atoms with E-state index in [1.165, 1.54) is 0 Å². The Morgan fingerprint density at radius 3 is 2.88 bits per heavy atom. The first kappa shape index (κ1) is 6.07. The summed E-state index contributed by atoms with van der Waals surface area (Å²) in [7, 11) is 0. The van der Waals surface area contributed by atoms with E-state index < -0.39 is 0 Å². The zero-order valence-corrected chi connectivity index (χ0v) is 6.68. The molecule has 0 saturated carbocycles. The predicted molar refractivity (Wildman–Crippen MR) is 38.6 cm³/mol. The first-order chi connectivity index (χ1) is 3.83. The lowest BCUT2D eigenvalue weighted by Gasteiger charge is -1.76. The van der Waals surface area contributed by atoms with Gasteiger partial charge >= 0.3 is 0 Å². The fourth-order valence-electron chi connectivity index (χ4n) is 0.454. The van der Waals surface area contributed by atoms with Gasteiger partial charge in [0.2, 0.25) is 0 Å². The van der Waals surface area contributed by atoms with Gasteiger partial charge in [0.1, 0.15) is 9.46 Å². The minimum atomic E-state index is 0.927. The highest BCUT2D eigenvalue weighted by molar-refractivity contribution is 14.1. The van der Waals surface area contributed by atoms with E-state index in [1.54, 1.807) is 0 Å². The van der Waals surface area contributed by atoms with Crippen molar-refractivity contribution >= 4 is 22.6 Å². The van der Waals surface area contributed by atoms with E-state index in [1.807, 2.05) is 13.0 Å². The van der Waals surface area contributed by atoms with Crippen molar-refractivity contribution in [2.24, 2.45) is 0 Å². The average Bonchev–Trinajstić information content (AvgIpc) is 2.14. The zero-order chi connectivity index (χ0) is 5.98. The van der Waals surface area contributed by atoms with Crippen molar-refractivity contribution < 1.29 is 4.52 Å². The van der Waals surface area contributed by atoms with Crippen LogP contribution in [0.4, 0.5) is 0 Å². The Labute approximate surface area is 61.4 Å². The van der Waals surface area contributed by atoms with E-state index in [-0.39, 0.29) is 0 Å². The highest BCUT2D eigenvalue weighted by Crippen LogP contribution is 2.05. The second kappa shape index (κ2) is 2.48. The fraction of sp³-hybridized carbons (Fsp3) is 0.400. The molecule has 0 aliphatic heterocycles. The molecule has 0 fully saturated rings. The monoisotopic (exact) mass is 223 g/mol. The molecule has 3 heteroatoms. The van der Waals surface area contributed by atoms with Crippen molar-refractivity contribution in [3.05, 3.63) is 15.5 Å². The lowest BCUT2D eigenvalue weighted by molar-refractivity contribution is 0.383. The third-order valence-electron chi connectivity index (χ3n) is 0.879. The summed E-state index contributed by atoms with van der Waals surface area (Å²) in [6, 6.07) is 1.93. The van der Waals surface area contributed by atoms with Crippen molar-refractivity contribution in [2.75, 3.05) is 0 Å². The van der Waals surface area contributed by atoms with E-state index in [9.17, 15) is 0 Å². The molecule has 0 unspecified atom stereocenters. The summed E-state index contributed by atoms with van der Waals surface area (Å²) in [5, 5.41) is 3.70. The van der Waals surface area contributed by atoms with Gasteiger partial charge in [-0.05, 0) is 22.6 Å². The molecule has 0 atom stereocenters. The molecule has 0 aliphatic carbocycles. The quantitative estimate of drug-likeness (QED) is 0.679. The minimum absolute atomic E-state index is 0.927. The molecule has 0 bridgehead atoms. The van der Waals surface area contributed by atoms with E-state index in [4.69, 9.17) is 4.52 Å². The average molecular weight is 223 g/mol. The van der Waals surface area contributed by atoms with Crippen LogP contribution < -0.4 is 0 Å². The number of hydrogen-bond donors (Lipinski definition) is 0. The van der Waals surface area contributed by atoms with Gasteiger partial charge in [0, 0.05) is 12.5 Å². The lowest BCUT2D eigenvalue weighted by Crippen LogP contribution is -1.67. The van der Waals surface area contributed by atoms with Crippen LogP contribution in [0.2, 0.25) is 0 Å². The van der Waals surface area contributed by atoms with Crippen LogP contribution in [0.1, 0.15) is 12.7 Å². The van der Waals surface area contributed by atoms with E-state index >= 15 is 0 Å². The second-order valence-electron chi connectivity index (χ2n) is 1.47. The summed E-state index contributed by atoms with van der Waals surface area (Å²) in [4.78, 5) is 0. The van der Waals surface area contributed by atoms with Crippen molar-refractivity contribution in [3.8, 4) is 0 Å². The number of aromatic nitrogens is 1. The second-order valence-corrected chi connectivity index (χ2v) is 2.57. The molecule has 0 spiro atoms. The Morgan fingerprint density at radius 2 is 2.62 bits per heavy atom. The zero-order valence-electron chi connectivity index (χ0n) is 4.52. The first-order valence-electron chi connectivity index (χ1n) is 2.44. The number of halogens is 1. The Hall–Kier alpha value is -0.0600. The molecule has 1 aromatic heterocycles. The van der Waals surface area contributed by atoms with Crippen molar-refractivity contribution in [1.82, 2.24) is 5.16 Å². The van der Waals surface area contributed by atoms with Gasteiger partial charge in [0.05, 0.1) is 0 Å². The van der Waals surface area contributed by atoms with Crippen LogP contribution in [0.3, 0.4) is 0 Å². The number of hydrogen-bond acceptors (Lipinski definition) is 2. The van der Waals surface area contributed by atoms with Gasteiger partial charge in [0.15, 0.2) is 0 Å². The van der Waals surface area contributed by atoms with E-state index in [0.717, 1.165) is 15.9 Å². The standard InChI is InChI=1S/C5H6INO/c1-2-4-3-5(6)7-8-4/h3H,2H2,1H3. The molecule has 0 aromatic carbocycles. The normalized spacial score (nSPS) is 9.75. The third kappa shape index (κ3) is 1.21. The van der Waals surface area contributed by atoms with Gasteiger partial charge in [-0.3, -0.25) is 0 Å². The molecule has 1 heterocycles. The van der Waals surface area contributed by atoms with E-state index in [0.29, 0.717) is 0 Å². The van der Waals surface area contributed by atoms with Crippen LogP contribution in [-0.4, -0.2) is 5.16 Å². The summed E-state index contributed by atoms with van der Waals surface area (Å²) in [6.45, 7) is 2.04.